The van der Waals surface area contributed by atoms with Crippen LogP contribution in [0.25, 0.3) is 0 Å². The molecule has 1 amide bonds. The molecule has 0 atom stereocenters. The van der Waals surface area contributed by atoms with Crippen molar-refractivity contribution in [1.29, 1.82) is 0 Å². The van der Waals surface area contributed by atoms with Crippen molar-refractivity contribution in [2.75, 3.05) is 13.1 Å². The van der Waals surface area contributed by atoms with E-state index in [1.54, 1.807) is 15.8 Å². The van der Waals surface area contributed by atoms with E-state index >= 15 is 0 Å². The van der Waals surface area contributed by atoms with Crippen molar-refractivity contribution in [2.45, 2.75) is 39.0 Å². The Morgan fingerprint density at radius 2 is 2.00 bits per heavy atom. The van der Waals surface area contributed by atoms with Gasteiger partial charge >= 0.3 is 6.09 Å². The summed E-state index contributed by atoms with van der Waals surface area (Å²) in [6.45, 7) is 5.79. The highest BCUT2D eigenvalue weighted by Gasteiger charge is 2.24. The Balaban J connectivity index is 2.06. The number of carbonyl (C=O) groups is 1. The molecule has 0 aromatic carbocycles. The van der Waals surface area contributed by atoms with E-state index in [1.165, 1.54) is 6.42 Å². The van der Waals surface area contributed by atoms with Crippen LogP contribution >= 0.6 is 0 Å². The third kappa shape index (κ3) is 3.00. The monoisotopic (exact) mass is 249 g/mol. The quantitative estimate of drug-likeness (QED) is 0.752. The number of rotatable bonds is 2. The van der Waals surface area contributed by atoms with Gasteiger partial charge in [-0.25, -0.2) is 4.79 Å². The molecule has 1 saturated heterocycles. The number of hydrogen-bond acceptors (Lipinski definition) is 2. The maximum Gasteiger partial charge on any atom is 0.478 e. The maximum atomic E-state index is 12.0. The number of aromatic nitrogens is 1. The molecular formula is C14H21N2O2+. The van der Waals surface area contributed by atoms with Gasteiger partial charge in [-0.3, -0.25) is 0 Å². The number of piperidine rings is 1. The van der Waals surface area contributed by atoms with Crippen LogP contribution in [0.4, 0.5) is 4.79 Å². The summed E-state index contributed by atoms with van der Waals surface area (Å²) in [6.07, 6.45) is 4.90. The summed E-state index contributed by atoms with van der Waals surface area (Å²) in [4.78, 5) is 19.3. The van der Waals surface area contributed by atoms with E-state index in [1.807, 2.05) is 18.2 Å². The zero-order valence-corrected chi connectivity index (χ0v) is 11.1. The third-order valence-corrected chi connectivity index (χ3v) is 3.24. The Morgan fingerprint density at radius 1 is 1.28 bits per heavy atom. The van der Waals surface area contributed by atoms with Gasteiger partial charge in [0, 0.05) is 35.9 Å². The first kappa shape index (κ1) is 12.9. The predicted octanol–water partition coefficient (Wildman–Crippen LogP) is 2.13. The van der Waals surface area contributed by atoms with E-state index < -0.39 is 0 Å². The van der Waals surface area contributed by atoms with E-state index in [0.717, 1.165) is 31.6 Å². The van der Waals surface area contributed by atoms with E-state index in [4.69, 9.17) is 4.84 Å². The summed E-state index contributed by atoms with van der Waals surface area (Å²) in [5.41, 5.74) is 1.00. The third-order valence-electron chi connectivity index (χ3n) is 3.24. The van der Waals surface area contributed by atoms with Crippen molar-refractivity contribution < 1.29 is 14.4 Å². The van der Waals surface area contributed by atoms with Gasteiger partial charge < -0.3 is 4.90 Å². The Hall–Kier alpha value is -1.58. The lowest BCUT2D eigenvalue weighted by Gasteiger charge is -2.23. The fraction of sp³-hybridized carbons (Fsp3) is 0.571. The molecule has 0 saturated carbocycles. The first-order valence-corrected chi connectivity index (χ1v) is 6.66. The molecular weight excluding hydrogens is 228 g/mol. The standard InChI is InChI=1S/C14H21N2O2/c1-12(2)13-8-4-7-11-16(13)18-14(17)15-9-5-3-6-10-15/h4,7-8,11-12H,3,5-6,9-10H2,1-2H3/q+1. The second-order valence-electron chi connectivity index (χ2n) is 5.01. The van der Waals surface area contributed by atoms with Crippen LogP contribution in [0.3, 0.4) is 0 Å². The van der Waals surface area contributed by atoms with Crippen molar-refractivity contribution in [3.8, 4) is 0 Å². The number of pyridine rings is 1. The van der Waals surface area contributed by atoms with Crippen molar-refractivity contribution >= 4 is 6.09 Å². The summed E-state index contributed by atoms with van der Waals surface area (Å²) < 4.78 is 1.58. The molecule has 1 aliphatic rings. The van der Waals surface area contributed by atoms with Crippen LogP contribution in [0.1, 0.15) is 44.7 Å². The molecule has 1 aromatic heterocycles. The lowest BCUT2D eigenvalue weighted by atomic mass is 10.1. The summed E-state index contributed by atoms with van der Waals surface area (Å²) in [5.74, 6) is 0.320. The molecule has 98 valence electrons. The number of amides is 1. The normalized spacial score (nSPS) is 15.8. The van der Waals surface area contributed by atoms with Crippen LogP contribution in [-0.4, -0.2) is 24.1 Å². The largest absolute Gasteiger partial charge is 0.478 e. The summed E-state index contributed by atoms with van der Waals surface area (Å²) >= 11 is 0. The molecule has 0 aliphatic carbocycles. The van der Waals surface area contributed by atoms with E-state index in [-0.39, 0.29) is 6.09 Å². The second-order valence-corrected chi connectivity index (χ2v) is 5.01. The summed E-state index contributed by atoms with van der Waals surface area (Å²) in [7, 11) is 0. The molecule has 1 aliphatic heterocycles. The van der Waals surface area contributed by atoms with Crippen LogP contribution in [0.5, 0.6) is 0 Å². The number of likely N-dealkylation sites (tertiary alicyclic amines) is 1. The summed E-state index contributed by atoms with van der Waals surface area (Å²) in [6, 6.07) is 5.81. The molecule has 0 N–H and O–H groups in total. The molecule has 4 nitrogen and oxygen atoms in total. The van der Waals surface area contributed by atoms with Crippen LogP contribution in [0, 0.1) is 0 Å². The van der Waals surface area contributed by atoms with Gasteiger partial charge in [0.25, 0.3) is 0 Å². The van der Waals surface area contributed by atoms with Crippen LogP contribution < -0.4 is 9.57 Å². The van der Waals surface area contributed by atoms with Gasteiger partial charge in [0.15, 0.2) is 0 Å². The van der Waals surface area contributed by atoms with Gasteiger partial charge in [0.2, 0.25) is 11.9 Å². The fourth-order valence-electron chi connectivity index (χ4n) is 2.19. The molecule has 0 unspecified atom stereocenters. The van der Waals surface area contributed by atoms with E-state index in [0.29, 0.717) is 5.92 Å². The Morgan fingerprint density at radius 3 is 2.67 bits per heavy atom. The molecule has 4 heteroatoms. The topological polar surface area (TPSA) is 33.4 Å². The number of hydrogen-bond donors (Lipinski definition) is 0. The van der Waals surface area contributed by atoms with Crippen LogP contribution in [0.2, 0.25) is 0 Å². The zero-order chi connectivity index (χ0) is 13.0. The molecule has 18 heavy (non-hydrogen) atoms. The molecule has 2 heterocycles. The molecule has 0 radical (unpaired) electrons. The molecule has 1 aromatic rings. The minimum Gasteiger partial charge on any atom is -0.303 e. The second kappa shape index (κ2) is 5.85. The molecule has 1 fully saturated rings. The van der Waals surface area contributed by atoms with Gasteiger partial charge in [0.1, 0.15) is 0 Å². The predicted molar refractivity (Wildman–Crippen MR) is 68.1 cm³/mol. The molecule has 2 rings (SSSR count). The molecule has 0 spiro atoms. The van der Waals surface area contributed by atoms with E-state index in [9.17, 15) is 4.79 Å². The minimum absolute atomic E-state index is 0.243. The maximum absolute atomic E-state index is 12.0. The fourth-order valence-corrected chi connectivity index (χ4v) is 2.19. The highest BCUT2D eigenvalue weighted by molar-refractivity contribution is 5.67. The van der Waals surface area contributed by atoms with Crippen molar-refractivity contribution in [2.24, 2.45) is 0 Å². The van der Waals surface area contributed by atoms with Crippen molar-refractivity contribution in [1.82, 2.24) is 4.90 Å². The summed E-state index contributed by atoms with van der Waals surface area (Å²) in [5, 5.41) is 0. The average molecular weight is 249 g/mol. The highest BCUT2D eigenvalue weighted by Crippen LogP contribution is 2.10. The lowest BCUT2D eigenvalue weighted by molar-refractivity contribution is -0.875. The van der Waals surface area contributed by atoms with Gasteiger partial charge in [-0.15, -0.1) is 0 Å². The first-order chi connectivity index (χ1) is 8.68. The number of nitrogens with zero attached hydrogens (tertiary/aromatic N) is 2. The van der Waals surface area contributed by atoms with Crippen LogP contribution in [-0.2, 0) is 0 Å². The smallest absolute Gasteiger partial charge is 0.303 e. The van der Waals surface area contributed by atoms with Crippen LogP contribution in [0.15, 0.2) is 24.4 Å². The van der Waals surface area contributed by atoms with Gasteiger partial charge in [-0.1, -0.05) is 13.8 Å². The highest BCUT2D eigenvalue weighted by atomic mass is 16.7. The minimum atomic E-state index is -0.243. The Bertz CT molecular complexity index is 412. The first-order valence-electron chi connectivity index (χ1n) is 6.66. The van der Waals surface area contributed by atoms with Crippen molar-refractivity contribution in [3.63, 3.8) is 0 Å². The molecule has 0 bridgehead atoms. The van der Waals surface area contributed by atoms with E-state index in [2.05, 4.69) is 13.8 Å². The Kier molecular flexibility index (Phi) is 4.18. The lowest BCUT2D eigenvalue weighted by Crippen LogP contribution is -2.54. The zero-order valence-electron chi connectivity index (χ0n) is 11.1. The number of carbonyl (C=O) groups excluding carboxylic acids is 1. The SMILES string of the molecule is CC(C)c1cccc[n+]1OC(=O)N1CCCCC1. The van der Waals surface area contributed by atoms with Gasteiger partial charge in [-0.05, 0) is 25.3 Å². The Labute approximate surface area is 108 Å². The van der Waals surface area contributed by atoms with Gasteiger partial charge in [-0.2, -0.15) is 4.84 Å². The van der Waals surface area contributed by atoms with Gasteiger partial charge in [0.05, 0.1) is 0 Å². The van der Waals surface area contributed by atoms with Crippen molar-refractivity contribution in [3.05, 3.63) is 30.1 Å². The average Bonchev–Trinajstić information content (AvgIpc) is 2.40.